The van der Waals surface area contributed by atoms with Crippen LogP contribution in [0.5, 0.6) is 0 Å². The Morgan fingerprint density at radius 3 is 2.93 bits per heavy atom. The van der Waals surface area contributed by atoms with Gasteiger partial charge in [0.25, 0.3) is 0 Å². The number of halogens is 1. The Balaban J connectivity index is 2.47. The highest BCUT2D eigenvalue weighted by molar-refractivity contribution is 9.10. The minimum absolute atomic E-state index is 0.0254. The van der Waals surface area contributed by atoms with Crippen LogP contribution in [0.2, 0.25) is 0 Å². The van der Waals surface area contributed by atoms with Gasteiger partial charge >= 0.3 is 0 Å². The zero-order chi connectivity index (χ0) is 10.4. The summed E-state index contributed by atoms with van der Waals surface area (Å²) in [7, 11) is 1.83. The summed E-state index contributed by atoms with van der Waals surface area (Å²) in [4.78, 5) is 11.3. The van der Waals surface area contributed by atoms with E-state index in [9.17, 15) is 4.79 Å². The molecule has 1 aromatic rings. The van der Waals surface area contributed by atoms with E-state index < -0.39 is 0 Å². The molecule has 0 bridgehead atoms. The molecular formula is C10H13BrN2O. The Hall–Kier alpha value is -0.870. The van der Waals surface area contributed by atoms with Gasteiger partial charge in [0.1, 0.15) is 0 Å². The SMILES string of the molecule is CNCCC(=O)Nc1cccc(Br)c1. The van der Waals surface area contributed by atoms with Crippen LogP contribution in [0.4, 0.5) is 5.69 Å². The predicted molar refractivity (Wildman–Crippen MR) is 61.3 cm³/mol. The van der Waals surface area contributed by atoms with E-state index in [2.05, 4.69) is 26.6 Å². The van der Waals surface area contributed by atoms with Crippen LogP contribution in [0.1, 0.15) is 6.42 Å². The lowest BCUT2D eigenvalue weighted by Crippen LogP contribution is -2.18. The molecule has 1 rings (SSSR count). The molecule has 0 aliphatic rings. The second kappa shape index (κ2) is 5.78. The topological polar surface area (TPSA) is 41.1 Å². The lowest BCUT2D eigenvalue weighted by molar-refractivity contribution is -0.116. The molecular weight excluding hydrogens is 244 g/mol. The van der Waals surface area contributed by atoms with Crippen LogP contribution in [-0.2, 0) is 4.79 Å². The van der Waals surface area contributed by atoms with E-state index in [-0.39, 0.29) is 5.91 Å². The summed E-state index contributed by atoms with van der Waals surface area (Å²) in [6, 6.07) is 7.54. The highest BCUT2D eigenvalue weighted by Crippen LogP contribution is 2.15. The third-order valence-corrected chi connectivity index (χ3v) is 2.20. The van der Waals surface area contributed by atoms with Gasteiger partial charge in [-0.2, -0.15) is 0 Å². The van der Waals surface area contributed by atoms with Gasteiger partial charge < -0.3 is 10.6 Å². The molecule has 76 valence electrons. The average molecular weight is 257 g/mol. The molecule has 1 amide bonds. The molecule has 2 N–H and O–H groups in total. The quantitative estimate of drug-likeness (QED) is 0.866. The van der Waals surface area contributed by atoms with Crippen molar-refractivity contribution in [1.29, 1.82) is 0 Å². The fraction of sp³-hybridized carbons (Fsp3) is 0.300. The third-order valence-electron chi connectivity index (χ3n) is 1.71. The van der Waals surface area contributed by atoms with Crippen molar-refractivity contribution in [3.63, 3.8) is 0 Å². The number of hydrogen-bond acceptors (Lipinski definition) is 2. The molecule has 0 atom stereocenters. The Labute approximate surface area is 92.0 Å². The zero-order valence-electron chi connectivity index (χ0n) is 8.01. The lowest BCUT2D eigenvalue weighted by atomic mass is 10.3. The summed E-state index contributed by atoms with van der Waals surface area (Å²) >= 11 is 3.34. The van der Waals surface area contributed by atoms with E-state index in [1.54, 1.807) is 0 Å². The van der Waals surface area contributed by atoms with E-state index in [4.69, 9.17) is 0 Å². The van der Waals surface area contributed by atoms with E-state index in [1.807, 2.05) is 31.3 Å². The Morgan fingerprint density at radius 2 is 2.29 bits per heavy atom. The van der Waals surface area contributed by atoms with Crippen LogP contribution in [0, 0.1) is 0 Å². The van der Waals surface area contributed by atoms with Gasteiger partial charge in [-0.3, -0.25) is 4.79 Å². The molecule has 0 saturated heterocycles. The summed E-state index contributed by atoms with van der Waals surface area (Å²) in [5.41, 5.74) is 0.820. The summed E-state index contributed by atoms with van der Waals surface area (Å²) in [6.45, 7) is 0.694. The first-order chi connectivity index (χ1) is 6.72. The van der Waals surface area contributed by atoms with Crippen LogP contribution in [0.3, 0.4) is 0 Å². The average Bonchev–Trinajstić information content (AvgIpc) is 2.15. The second-order valence-corrected chi connectivity index (χ2v) is 3.83. The molecule has 0 spiro atoms. The first kappa shape index (κ1) is 11.2. The van der Waals surface area contributed by atoms with Crippen LogP contribution in [0.25, 0.3) is 0 Å². The number of benzene rings is 1. The number of anilines is 1. The molecule has 0 saturated carbocycles. The summed E-state index contributed by atoms with van der Waals surface area (Å²) < 4.78 is 0.962. The van der Waals surface area contributed by atoms with Gasteiger partial charge in [0, 0.05) is 23.1 Å². The van der Waals surface area contributed by atoms with Gasteiger partial charge in [-0.05, 0) is 25.2 Å². The number of amides is 1. The van der Waals surface area contributed by atoms with E-state index in [0.717, 1.165) is 10.2 Å². The van der Waals surface area contributed by atoms with Crippen molar-refractivity contribution in [2.75, 3.05) is 18.9 Å². The van der Waals surface area contributed by atoms with E-state index in [1.165, 1.54) is 0 Å². The number of hydrogen-bond donors (Lipinski definition) is 2. The number of rotatable bonds is 4. The van der Waals surface area contributed by atoms with Crippen molar-refractivity contribution in [3.8, 4) is 0 Å². The monoisotopic (exact) mass is 256 g/mol. The molecule has 0 radical (unpaired) electrons. The highest BCUT2D eigenvalue weighted by Gasteiger charge is 2.00. The van der Waals surface area contributed by atoms with Gasteiger partial charge in [0.2, 0.25) is 5.91 Å². The van der Waals surface area contributed by atoms with Gasteiger partial charge in [0.05, 0.1) is 0 Å². The molecule has 4 heteroatoms. The van der Waals surface area contributed by atoms with Crippen molar-refractivity contribution in [2.24, 2.45) is 0 Å². The van der Waals surface area contributed by atoms with Crippen LogP contribution >= 0.6 is 15.9 Å². The summed E-state index contributed by atoms with van der Waals surface area (Å²) in [5.74, 6) is 0.0254. The van der Waals surface area contributed by atoms with E-state index in [0.29, 0.717) is 13.0 Å². The maximum Gasteiger partial charge on any atom is 0.225 e. The minimum atomic E-state index is 0.0254. The molecule has 0 aromatic heterocycles. The largest absolute Gasteiger partial charge is 0.326 e. The van der Waals surface area contributed by atoms with Crippen LogP contribution in [0.15, 0.2) is 28.7 Å². The van der Waals surface area contributed by atoms with Crippen molar-refractivity contribution >= 4 is 27.5 Å². The summed E-state index contributed by atoms with van der Waals surface area (Å²) in [6.07, 6.45) is 0.489. The first-order valence-electron chi connectivity index (χ1n) is 4.42. The molecule has 0 fully saturated rings. The van der Waals surface area contributed by atoms with Crippen molar-refractivity contribution < 1.29 is 4.79 Å². The molecule has 14 heavy (non-hydrogen) atoms. The maximum absolute atomic E-state index is 11.3. The van der Waals surface area contributed by atoms with Gasteiger partial charge in [-0.25, -0.2) is 0 Å². The maximum atomic E-state index is 11.3. The molecule has 0 aliphatic heterocycles. The summed E-state index contributed by atoms with van der Waals surface area (Å²) in [5, 5.41) is 5.73. The third kappa shape index (κ3) is 3.89. The highest BCUT2D eigenvalue weighted by atomic mass is 79.9. The van der Waals surface area contributed by atoms with Crippen molar-refractivity contribution in [3.05, 3.63) is 28.7 Å². The van der Waals surface area contributed by atoms with E-state index >= 15 is 0 Å². The van der Waals surface area contributed by atoms with Gasteiger partial charge in [-0.1, -0.05) is 22.0 Å². The smallest absolute Gasteiger partial charge is 0.225 e. The normalized spacial score (nSPS) is 9.86. The van der Waals surface area contributed by atoms with Crippen LogP contribution in [-0.4, -0.2) is 19.5 Å². The number of carbonyl (C=O) groups excluding carboxylic acids is 1. The molecule has 3 nitrogen and oxygen atoms in total. The zero-order valence-corrected chi connectivity index (χ0v) is 9.60. The Kier molecular flexibility index (Phi) is 4.62. The molecule has 0 aliphatic carbocycles. The second-order valence-electron chi connectivity index (χ2n) is 2.91. The molecule has 0 heterocycles. The van der Waals surface area contributed by atoms with Crippen molar-refractivity contribution in [2.45, 2.75) is 6.42 Å². The molecule has 0 unspecified atom stereocenters. The Bertz CT molecular complexity index is 315. The van der Waals surface area contributed by atoms with Gasteiger partial charge in [-0.15, -0.1) is 0 Å². The standard InChI is InChI=1S/C10H13BrN2O/c1-12-6-5-10(14)13-9-4-2-3-8(11)7-9/h2-4,7,12H,5-6H2,1H3,(H,13,14). The number of nitrogens with one attached hydrogen (secondary N) is 2. The molecule has 1 aromatic carbocycles. The fourth-order valence-electron chi connectivity index (χ4n) is 1.03. The number of carbonyl (C=O) groups is 1. The minimum Gasteiger partial charge on any atom is -0.326 e. The lowest BCUT2D eigenvalue weighted by Gasteiger charge is -2.04. The first-order valence-corrected chi connectivity index (χ1v) is 5.21. The van der Waals surface area contributed by atoms with Crippen LogP contribution < -0.4 is 10.6 Å². The predicted octanol–water partition coefficient (Wildman–Crippen LogP) is 2.00. The van der Waals surface area contributed by atoms with Crippen molar-refractivity contribution in [1.82, 2.24) is 5.32 Å². The van der Waals surface area contributed by atoms with Gasteiger partial charge in [0.15, 0.2) is 0 Å². The fourth-order valence-corrected chi connectivity index (χ4v) is 1.43. The Morgan fingerprint density at radius 1 is 1.50 bits per heavy atom.